The summed E-state index contributed by atoms with van der Waals surface area (Å²) in [4.78, 5) is 11.6. The molecule has 0 aromatic heterocycles. The maximum atomic E-state index is 12.9. The third-order valence-corrected chi connectivity index (χ3v) is 3.62. The Hall–Kier alpha value is -1.79. The fourth-order valence-corrected chi connectivity index (χ4v) is 2.57. The third-order valence-electron chi connectivity index (χ3n) is 3.62. The molecular formula is C13H15F3N2O2. The summed E-state index contributed by atoms with van der Waals surface area (Å²) in [5.74, 6) is 0. The zero-order valence-electron chi connectivity index (χ0n) is 11.0. The average Bonchev–Trinajstić information content (AvgIpc) is 2.37. The van der Waals surface area contributed by atoms with E-state index in [0.717, 1.165) is 31.4 Å². The fraction of sp³-hybridized carbons (Fsp3) is 0.538. The Balaban J connectivity index is 2.44. The van der Waals surface area contributed by atoms with Crippen molar-refractivity contribution in [1.82, 2.24) is 0 Å². The molecule has 1 saturated heterocycles. The smallest absolute Gasteiger partial charge is 0.369 e. The van der Waals surface area contributed by atoms with Crippen LogP contribution in [0.1, 0.15) is 31.7 Å². The molecule has 1 aliphatic rings. The van der Waals surface area contributed by atoms with E-state index in [1.54, 1.807) is 0 Å². The van der Waals surface area contributed by atoms with Gasteiger partial charge in [0, 0.05) is 24.3 Å². The molecule has 2 rings (SSSR count). The first-order valence-electron chi connectivity index (χ1n) is 6.43. The van der Waals surface area contributed by atoms with Crippen LogP contribution in [0.4, 0.5) is 24.5 Å². The van der Waals surface area contributed by atoms with Crippen LogP contribution in [0, 0.1) is 10.1 Å². The van der Waals surface area contributed by atoms with Gasteiger partial charge in [-0.25, -0.2) is 0 Å². The lowest BCUT2D eigenvalue weighted by molar-refractivity contribution is -0.388. The third kappa shape index (κ3) is 2.86. The Labute approximate surface area is 114 Å². The topological polar surface area (TPSA) is 46.4 Å². The van der Waals surface area contributed by atoms with Gasteiger partial charge in [-0.3, -0.25) is 10.1 Å². The summed E-state index contributed by atoms with van der Waals surface area (Å²) in [6, 6.07) is 3.38. The van der Waals surface area contributed by atoms with E-state index in [9.17, 15) is 23.3 Å². The van der Waals surface area contributed by atoms with Gasteiger partial charge in [0.05, 0.1) is 4.92 Å². The van der Waals surface area contributed by atoms with E-state index in [1.807, 2.05) is 11.8 Å². The van der Waals surface area contributed by atoms with Crippen molar-refractivity contribution in [1.29, 1.82) is 0 Å². The Morgan fingerprint density at radius 2 is 2.05 bits per heavy atom. The van der Waals surface area contributed by atoms with Crippen molar-refractivity contribution in [2.24, 2.45) is 0 Å². The minimum Gasteiger partial charge on any atom is -0.369 e. The summed E-state index contributed by atoms with van der Waals surface area (Å²) < 4.78 is 38.8. The highest BCUT2D eigenvalue weighted by Gasteiger charge is 2.39. The Kier molecular flexibility index (Phi) is 3.87. The number of nitro groups is 1. The summed E-state index contributed by atoms with van der Waals surface area (Å²) in [5.41, 5.74) is -1.68. The van der Waals surface area contributed by atoms with Crippen LogP contribution in [0.3, 0.4) is 0 Å². The summed E-state index contributed by atoms with van der Waals surface area (Å²) >= 11 is 0. The number of hydrogen-bond donors (Lipinski definition) is 0. The van der Waals surface area contributed by atoms with E-state index < -0.39 is 22.4 Å². The molecule has 1 aromatic carbocycles. The lowest BCUT2D eigenvalue weighted by Gasteiger charge is -2.35. The zero-order chi connectivity index (χ0) is 14.9. The normalized spacial score (nSPS) is 20.0. The van der Waals surface area contributed by atoms with Crippen LogP contribution in [0.2, 0.25) is 0 Å². The predicted octanol–water partition coefficient (Wildman–Crippen LogP) is 3.99. The SMILES string of the molecule is CC1CCCCN1c1ccc([N+](=O)[O-])c(C(F)(F)F)c1. The number of nitrogens with zero attached hydrogens (tertiary/aromatic N) is 2. The van der Waals surface area contributed by atoms with E-state index >= 15 is 0 Å². The van der Waals surface area contributed by atoms with Gasteiger partial charge in [-0.1, -0.05) is 0 Å². The zero-order valence-corrected chi connectivity index (χ0v) is 11.0. The second kappa shape index (κ2) is 5.30. The number of alkyl halides is 3. The molecule has 0 saturated carbocycles. The van der Waals surface area contributed by atoms with Gasteiger partial charge in [-0.2, -0.15) is 13.2 Å². The molecule has 1 heterocycles. The number of anilines is 1. The largest absolute Gasteiger partial charge is 0.423 e. The highest BCUT2D eigenvalue weighted by Crippen LogP contribution is 2.39. The van der Waals surface area contributed by atoms with Crippen LogP contribution < -0.4 is 4.90 Å². The Morgan fingerprint density at radius 1 is 1.35 bits per heavy atom. The van der Waals surface area contributed by atoms with Gasteiger partial charge in [0.1, 0.15) is 5.56 Å². The van der Waals surface area contributed by atoms with Crippen molar-refractivity contribution < 1.29 is 18.1 Å². The summed E-state index contributed by atoms with van der Waals surface area (Å²) in [5, 5.41) is 10.7. The number of rotatable bonds is 2. The fourth-order valence-electron chi connectivity index (χ4n) is 2.57. The maximum absolute atomic E-state index is 12.9. The number of halogens is 3. The van der Waals surface area contributed by atoms with Crippen LogP contribution in [-0.4, -0.2) is 17.5 Å². The lowest BCUT2D eigenvalue weighted by atomic mass is 10.0. The molecule has 1 aromatic rings. The predicted molar refractivity (Wildman–Crippen MR) is 68.8 cm³/mol. The van der Waals surface area contributed by atoms with Gasteiger partial charge in [0.2, 0.25) is 0 Å². The van der Waals surface area contributed by atoms with Crippen molar-refractivity contribution in [2.75, 3.05) is 11.4 Å². The van der Waals surface area contributed by atoms with Crippen molar-refractivity contribution in [2.45, 2.75) is 38.4 Å². The van der Waals surface area contributed by atoms with Crippen molar-refractivity contribution in [3.05, 3.63) is 33.9 Å². The number of nitro benzene ring substituents is 1. The van der Waals surface area contributed by atoms with Crippen LogP contribution in [0.5, 0.6) is 0 Å². The molecule has 4 nitrogen and oxygen atoms in total. The molecule has 110 valence electrons. The lowest BCUT2D eigenvalue weighted by Crippen LogP contribution is -2.37. The first kappa shape index (κ1) is 14.6. The molecule has 20 heavy (non-hydrogen) atoms. The molecule has 0 radical (unpaired) electrons. The monoisotopic (exact) mass is 288 g/mol. The molecular weight excluding hydrogens is 273 g/mol. The van der Waals surface area contributed by atoms with Gasteiger partial charge in [-0.05, 0) is 38.3 Å². The van der Waals surface area contributed by atoms with E-state index in [1.165, 1.54) is 6.07 Å². The molecule has 1 aliphatic heterocycles. The standard InChI is InChI=1S/C13H15F3N2O2/c1-9-4-2-3-7-17(9)10-5-6-12(18(19)20)11(8-10)13(14,15)16/h5-6,8-9H,2-4,7H2,1H3. The Bertz CT molecular complexity index is 517. The van der Waals surface area contributed by atoms with Crippen molar-refractivity contribution >= 4 is 11.4 Å². The summed E-state index contributed by atoms with van der Waals surface area (Å²) in [6.07, 6.45) is -1.84. The van der Waals surface area contributed by atoms with E-state index in [4.69, 9.17) is 0 Å². The molecule has 0 bridgehead atoms. The second-order valence-electron chi connectivity index (χ2n) is 4.99. The minimum absolute atomic E-state index is 0.145. The summed E-state index contributed by atoms with van der Waals surface area (Å²) in [6.45, 7) is 2.63. The number of piperidine rings is 1. The molecule has 0 N–H and O–H groups in total. The average molecular weight is 288 g/mol. The summed E-state index contributed by atoms with van der Waals surface area (Å²) in [7, 11) is 0. The maximum Gasteiger partial charge on any atom is 0.423 e. The first-order valence-corrected chi connectivity index (χ1v) is 6.43. The molecule has 1 atom stereocenters. The van der Waals surface area contributed by atoms with Crippen LogP contribution >= 0.6 is 0 Å². The molecule has 1 unspecified atom stereocenters. The van der Waals surface area contributed by atoms with Gasteiger partial charge < -0.3 is 4.90 Å². The van der Waals surface area contributed by atoms with E-state index in [2.05, 4.69) is 0 Å². The van der Waals surface area contributed by atoms with Crippen LogP contribution in [0.25, 0.3) is 0 Å². The molecule has 0 aliphatic carbocycles. The van der Waals surface area contributed by atoms with Gasteiger partial charge in [0.15, 0.2) is 0 Å². The number of benzene rings is 1. The van der Waals surface area contributed by atoms with E-state index in [0.29, 0.717) is 12.2 Å². The molecule has 0 amide bonds. The van der Waals surface area contributed by atoms with Gasteiger partial charge in [0.25, 0.3) is 5.69 Å². The van der Waals surface area contributed by atoms with Gasteiger partial charge >= 0.3 is 6.18 Å². The van der Waals surface area contributed by atoms with Crippen LogP contribution in [0.15, 0.2) is 18.2 Å². The van der Waals surface area contributed by atoms with Crippen LogP contribution in [-0.2, 0) is 6.18 Å². The minimum atomic E-state index is -4.72. The Morgan fingerprint density at radius 3 is 2.60 bits per heavy atom. The molecule has 0 spiro atoms. The first-order chi connectivity index (χ1) is 9.30. The number of hydrogen-bond acceptors (Lipinski definition) is 3. The highest BCUT2D eigenvalue weighted by atomic mass is 19.4. The quantitative estimate of drug-likeness (QED) is 0.610. The highest BCUT2D eigenvalue weighted by molar-refractivity contribution is 5.57. The molecule has 7 heteroatoms. The van der Waals surface area contributed by atoms with Crippen molar-refractivity contribution in [3.8, 4) is 0 Å². The molecule has 1 fully saturated rings. The van der Waals surface area contributed by atoms with Crippen molar-refractivity contribution in [3.63, 3.8) is 0 Å². The van der Waals surface area contributed by atoms with Gasteiger partial charge in [-0.15, -0.1) is 0 Å². The second-order valence-corrected chi connectivity index (χ2v) is 4.99. The van der Waals surface area contributed by atoms with E-state index in [-0.39, 0.29) is 6.04 Å².